The summed E-state index contributed by atoms with van der Waals surface area (Å²) >= 11 is 0. The first-order valence-corrected chi connectivity index (χ1v) is 9.00. The van der Waals surface area contributed by atoms with Crippen molar-refractivity contribution in [2.75, 3.05) is 6.61 Å². The molecule has 3 atom stereocenters. The summed E-state index contributed by atoms with van der Waals surface area (Å²) in [5.74, 6) is 0.374. The van der Waals surface area contributed by atoms with Gasteiger partial charge in [0.05, 0.1) is 5.56 Å². The molecule has 132 valence electrons. The fourth-order valence-corrected chi connectivity index (χ4v) is 3.56. The molecule has 1 fully saturated rings. The van der Waals surface area contributed by atoms with Crippen molar-refractivity contribution in [2.45, 2.75) is 39.2 Å². The van der Waals surface area contributed by atoms with Gasteiger partial charge in [-0.1, -0.05) is 57.0 Å². The summed E-state index contributed by atoms with van der Waals surface area (Å²) in [5, 5.41) is 5.06. The lowest BCUT2D eigenvalue weighted by atomic mass is 9.78. The van der Waals surface area contributed by atoms with Crippen LogP contribution in [0.3, 0.4) is 0 Å². The zero-order valence-corrected chi connectivity index (χ0v) is 14.8. The summed E-state index contributed by atoms with van der Waals surface area (Å²) in [7, 11) is 0. The van der Waals surface area contributed by atoms with E-state index in [1.54, 1.807) is 12.1 Å². The third-order valence-electron chi connectivity index (χ3n) is 5.37. The van der Waals surface area contributed by atoms with Crippen LogP contribution in [0.15, 0.2) is 42.5 Å². The molecule has 1 saturated carbocycles. The van der Waals surface area contributed by atoms with E-state index in [4.69, 9.17) is 4.74 Å². The van der Waals surface area contributed by atoms with Crippen LogP contribution in [-0.4, -0.2) is 24.5 Å². The first-order valence-electron chi connectivity index (χ1n) is 9.00. The van der Waals surface area contributed by atoms with Gasteiger partial charge in [0.2, 0.25) is 0 Å². The largest absolute Gasteiger partial charge is 0.452 e. The van der Waals surface area contributed by atoms with Crippen LogP contribution in [-0.2, 0) is 9.53 Å². The van der Waals surface area contributed by atoms with Crippen LogP contribution in [0, 0.1) is 11.8 Å². The average Bonchev–Trinajstić information content (AvgIpc) is 2.63. The number of hydrogen-bond donors (Lipinski definition) is 1. The molecule has 1 aliphatic rings. The maximum Gasteiger partial charge on any atom is 0.338 e. The summed E-state index contributed by atoms with van der Waals surface area (Å²) in [5.41, 5.74) is 0.464. The molecule has 0 radical (unpaired) electrons. The number of amides is 1. The standard InChI is InChI=1S/C21H25NO3/c1-14-6-5-9-19(15(14)2)22-20(23)13-25-21(24)18-11-10-16-7-3-4-8-17(16)12-18/h3-4,7-8,10-12,14-15,19H,5-6,9,13H2,1-2H3,(H,22,23)/t14-,15+,19-/m1/s1. The van der Waals surface area contributed by atoms with E-state index in [1.807, 2.05) is 30.3 Å². The quantitative estimate of drug-likeness (QED) is 0.859. The second kappa shape index (κ2) is 7.68. The number of benzene rings is 2. The molecule has 0 aliphatic heterocycles. The van der Waals surface area contributed by atoms with Gasteiger partial charge in [0.1, 0.15) is 0 Å². The van der Waals surface area contributed by atoms with Gasteiger partial charge < -0.3 is 10.1 Å². The van der Waals surface area contributed by atoms with Crippen LogP contribution in [0.4, 0.5) is 0 Å². The van der Waals surface area contributed by atoms with Crippen molar-refractivity contribution >= 4 is 22.6 Å². The van der Waals surface area contributed by atoms with Crippen molar-refractivity contribution < 1.29 is 14.3 Å². The smallest absolute Gasteiger partial charge is 0.338 e. The van der Waals surface area contributed by atoms with Crippen LogP contribution in [0.25, 0.3) is 10.8 Å². The Morgan fingerprint density at radius 1 is 1.08 bits per heavy atom. The van der Waals surface area contributed by atoms with Crippen LogP contribution < -0.4 is 5.32 Å². The van der Waals surface area contributed by atoms with Crippen molar-refractivity contribution in [3.05, 3.63) is 48.0 Å². The first-order chi connectivity index (χ1) is 12.0. The third kappa shape index (κ3) is 4.19. The summed E-state index contributed by atoms with van der Waals surface area (Å²) < 4.78 is 5.19. The van der Waals surface area contributed by atoms with Crippen LogP contribution in [0.2, 0.25) is 0 Å². The van der Waals surface area contributed by atoms with Gasteiger partial charge in [0, 0.05) is 6.04 Å². The Bertz CT molecular complexity index is 771. The van der Waals surface area contributed by atoms with Crippen molar-refractivity contribution in [3.63, 3.8) is 0 Å². The van der Waals surface area contributed by atoms with Gasteiger partial charge in [-0.2, -0.15) is 0 Å². The number of hydrogen-bond acceptors (Lipinski definition) is 3. The van der Waals surface area contributed by atoms with Gasteiger partial charge in [-0.3, -0.25) is 4.79 Å². The van der Waals surface area contributed by atoms with E-state index in [0.29, 0.717) is 17.4 Å². The van der Waals surface area contributed by atoms with Crippen molar-refractivity contribution in [1.29, 1.82) is 0 Å². The molecular formula is C21H25NO3. The highest BCUT2D eigenvalue weighted by atomic mass is 16.5. The summed E-state index contributed by atoms with van der Waals surface area (Å²) in [4.78, 5) is 24.3. The van der Waals surface area contributed by atoms with Crippen molar-refractivity contribution in [1.82, 2.24) is 5.32 Å². The molecule has 25 heavy (non-hydrogen) atoms. The van der Waals surface area contributed by atoms with Gasteiger partial charge in [-0.05, 0) is 41.2 Å². The van der Waals surface area contributed by atoms with Gasteiger partial charge in [-0.25, -0.2) is 4.79 Å². The number of esters is 1. The SMILES string of the molecule is C[C@H]1[C@H](C)CCC[C@H]1NC(=O)COC(=O)c1ccc2ccccc2c1. The summed E-state index contributed by atoms with van der Waals surface area (Å²) in [6.45, 7) is 4.17. The highest BCUT2D eigenvalue weighted by molar-refractivity contribution is 5.96. The number of fused-ring (bicyclic) bond motifs is 1. The van der Waals surface area contributed by atoms with E-state index in [9.17, 15) is 9.59 Å². The van der Waals surface area contributed by atoms with Crippen molar-refractivity contribution in [3.8, 4) is 0 Å². The fraction of sp³-hybridized carbons (Fsp3) is 0.429. The van der Waals surface area contributed by atoms with Crippen LogP contribution in [0.5, 0.6) is 0 Å². The number of carbonyl (C=O) groups excluding carboxylic acids is 2. The van der Waals surface area contributed by atoms with Gasteiger partial charge in [0.25, 0.3) is 5.91 Å². The maximum absolute atomic E-state index is 12.2. The highest BCUT2D eigenvalue weighted by Crippen LogP contribution is 2.29. The lowest BCUT2D eigenvalue weighted by Crippen LogP contribution is -2.45. The Kier molecular flexibility index (Phi) is 5.37. The molecule has 3 rings (SSSR count). The monoisotopic (exact) mass is 339 g/mol. The van der Waals surface area contributed by atoms with E-state index in [-0.39, 0.29) is 18.6 Å². The van der Waals surface area contributed by atoms with Gasteiger partial charge in [0.15, 0.2) is 6.61 Å². The Balaban J connectivity index is 1.55. The molecule has 0 heterocycles. The lowest BCUT2D eigenvalue weighted by Gasteiger charge is -2.34. The minimum atomic E-state index is -0.467. The Hall–Kier alpha value is -2.36. The molecule has 2 aromatic carbocycles. The Morgan fingerprint density at radius 3 is 2.64 bits per heavy atom. The fourth-order valence-electron chi connectivity index (χ4n) is 3.56. The molecule has 0 saturated heterocycles. The zero-order valence-electron chi connectivity index (χ0n) is 14.8. The number of ether oxygens (including phenoxy) is 1. The molecule has 0 spiro atoms. The predicted molar refractivity (Wildman–Crippen MR) is 98.3 cm³/mol. The second-order valence-electron chi connectivity index (χ2n) is 7.08. The Morgan fingerprint density at radius 2 is 1.84 bits per heavy atom. The highest BCUT2D eigenvalue weighted by Gasteiger charge is 2.28. The molecule has 4 nitrogen and oxygen atoms in total. The van der Waals surface area contributed by atoms with Crippen molar-refractivity contribution in [2.24, 2.45) is 11.8 Å². The lowest BCUT2D eigenvalue weighted by molar-refractivity contribution is -0.125. The zero-order chi connectivity index (χ0) is 17.8. The molecule has 1 aliphatic carbocycles. The molecular weight excluding hydrogens is 314 g/mol. The molecule has 0 bridgehead atoms. The molecule has 1 N–H and O–H groups in total. The number of rotatable bonds is 4. The van der Waals surface area contributed by atoms with E-state index >= 15 is 0 Å². The molecule has 1 amide bonds. The normalized spacial score (nSPS) is 23.2. The van der Waals surface area contributed by atoms with Crippen LogP contribution >= 0.6 is 0 Å². The minimum Gasteiger partial charge on any atom is -0.452 e. The Labute approximate surface area is 148 Å². The maximum atomic E-state index is 12.2. The molecule has 0 unspecified atom stereocenters. The number of carbonyl (C=O) groups is 2. The van der Waals surface area contributed by atoms with Gasteiger partial charge >= 0.3 is 5.97 Å². The minimum absolute atomic E-state index is 0.177. The van der Waals surface area contributed by atoms with E-state index in [0.717, 1.165) is 23.6 Å². The number of nitrogens with one attached hydrogen (secondary N) is 1. The van der Waals surface area contributed by atoms with E-state index < -0.39 is 5.97 Å². The first kappa shape index (κ1) is 17.5. The van der Waals surface area contributed by atoms with E-state index in [1.165, 1.54) is 6.42 Å². The molecule has 4 heteroatoms. The molecule has 0 aromatic heterocycles. The topological polar surface area (TPSA) is 55.4 Å². The second-order valence-corrected chi connectivity index (χ2v) is 7.08. The third-order valence-corrected chi connectivity index (χ3v) is 5.37. The summed E-state index contributed by atoms with van der Waals surface area (Å²) in [6, 6.07) is 13.4. The average molecular weight is 339 g/mol. The summed E-state index contributed by atoms with van der Waals surface area (Å²) in [6.07, 6.45) is 3.34. The molecule has 2 aromatic rings. The predicted octanol–water partition coefficient (Wildman–Crippen LogP) is 3.94. The van der Waals surface area contributed by atoms with Crippen LogP contribution in [0.1, 0.15) is 43.5 Å². The van der Waals surface area contributed by atoms with E-state index in [2.05, 4.69) is 19.2 Å². The van der Waals surface area contributed by atoms with Gasteiger partial charge in [-0.15, -0.1) is 0 Å².